The third kappa shape index (κ3) is 3.17. The number of carbonyl (C=O) groups excluding carboxylic acids is 1. The lowest BCUT2D eigenvalue weighted by molar-refractivity contribution is -0.125. The van der Waals surface area contributed by atoms with Crippen LogP contribution in [0, 0.1) is 5.92 Å². The molecule has 1 aromatic carbocycles. The first-order valence-electron chi connectivity index (χ1n) is 8.34. The second-order valence-electron chi connectivity index (χ2n) is 6.80. The molecule has 8 heteroatoms. The molecule has 2 N–H and O–H groups in total. The first kappa shape index (κ1) is 16.6. The van der Waals surface area contributed by atoms with Crippen LogP contribution in [0.25, 0.3) is 10.9 Å². The van der Waals surface area contributed by atoms with Crippen LogP contribution >= 0.6 is 0 Å². The maximum absolute atomic E-state index is 12.5. The van der Waals surface area contributed by atoms with E-state index in [0.717, 1.165) is 23.6 Å². The van der Waals surface area contributed by atoms with Crippen LogP contribution in [0.1, 0.15) is 6.42 Å². The van der Waals surface area contributed by atoms with Gasteiger partial charge in [0.2, 0.25) is 15.9 Å². The smallest absolute Gasteiger partial charge is 0.240 e. The lowest BCUT2D eigenvalue weighted by Crippen LogP contribution is -2.71. The Bertz CT molecular complexity index is 908. The number of ether oxygens (including phenoxy) is 1. The van der Waals surface area contributed by atoms with E-state index in [0.29, 0.717) is 6.61 Å². The van der Waals surface area contributed by atoms with Gasteiger partial charge in [0, 0.05) is 24.2 Å². The van der Waals surface area contributed by atoms with Gasteiger partial charge in [-0.15, -0.1) is 0 Å². The van der Waals surface area contributed by atoms with E-state index in [4.69, 9.17) is 4.74 Å². The number of aromatic nitrogens is 1. The molecule has 1 aromatic heterocycles. The van der Waals surface area contributed by atoms with E-state index in [1.807, 2.05) is 41.1 Å². The largest absolute Gasteiger partial charge is 0.376 e. The van der Waals surface area contributed by atoms with E-state index in [2.05, 4.69) is 10.0 Å². The molecular weight excluding hydrogens is 342 g/mol. The molecule has 1 saturated carbocycles. The van der Waals surface area contributed by atoms with E-state index < -0.39 is 16.1 Å². The molecule has 1 aliphatic carbocycles. The second kappa shape index (κ2) is 6.12. The Kier molecular flexibility index (Phi) is 4.05. The molecule has 2 heterocycles. The van der Waals surface area contributed by atoms with Crippen LogP contribution < -0.4 is 10.0 Å². The SMILES string of the molecule is CS(=O)(=O)NC1C(NC(=O)Cn2ccc3ccccc32)C2CCOC21. The van der Waals surface area contributed by atoms with E-state index in [1.165, 1.54) is 0 Å². The van der Waals surface area contributed by atoms with Crippen LogP contribution in [0.5, 0.6) is 0 Å². The predicted molar refractivity (Wildman–Crippen MR) is 93.5 cm³/mol. The molecule has 134 valence electrons. The quantitative estimate of drug-likeness (QED) is 0.808. The van der Waals surface area contributed by atoms with Crippen molar-refractivity contribution >= 4 is 26.8 Å². The third-order valence-corrected chi connectivity index (χ3v) is 5.76. The van der Waals surface area contributed by atoms with Crippen molar-refractivity contribution in [2.45, 2.75) is 31.2 Å². The van der Waals surface area contributed by atoms with E-state index in [1.54, 1.807) is 0 Å². The average Bonchev–Trinajstić information content (AvgIpc) is 3.15. The van der Waals surface area contributed by atoms with Gasteiger partial charge >= 0.3 is 0 Å². The number of para-hydroxylation sites is 1. The van der Waals surface area contributed by atoms with E-state index >= 15 is 0 Å². The summed E-state index contributed by atoms with van der Waals surface area (Å²) < 4.78 is 33.2. The number of hydrogen-bond acceptors (Lipinski definition) is 4. The highest BCUT2D eigenvalue weighted by Gasteiger charge is 2.55. The van der Waals surface area contributed by atoms with Crippen LogP contribution in [0.2, 0.25) is 0 Å². The summed E-state index contributed by atoms with van der Waals surface area (Å²) in [6.07, 6.45) is 3.70. The summed E-state index contributed by atoms with van der Waals surface area (Å²) in [4.78, 5) is 12.5. The van der Waals surface area contributed by atoms with Gasteiger partial charge in [0.1, 0.15) is 6.54 Å². The Labute approximate surface area is 146 Å². The minimum atomic E-state index is -3.36. The number of hydrogen-bond donors (Lipinski definition) is 2. The molecule has 1 saturated heterocycles. The standard InChI is InChI=1S/C17H21N3O4S/c1-25(22,23)19-16-15(12-7-9-24-17(12)16)18-14(21)10-20-8-6-11-4-2-3-5-13(11)20/h2-6,8,12,15-17,19H,7,9-10H2,1H3,(H,18,21). The van der Waals surface area contributed by atoms with Crippen molar-refractivity contribution in [3.05, 3.63) is 36.5 Å². The Morgan fingerprint density at radius 2 is 2.08 bits per heavy atom. The molecule has 4 unspecified atom stereocenters. The first-order valence-corrected chi connectivity index (χ1v) is 10.2. The molecule has 4 atom stereocenters. The van der Waals surface area contributed by atoms with Crippen molar-refractivity contribution in [2.24, 2.45) is 5.92 Å². The minimum Gasteiger partial charge on any atom is -0.376 e. The number of sulfonamides is 1. The normalized spacial score (nSPS) is 28.5. The van der Waals surface area contributed by atoms with Gasteiger partial charge in [-0.1, -0.05) is 18.2 Å². The number of carbonyl (C=O) groups is 1. The predicted octanol–water partition coefficient (Wildman–Crippen LogP) is 0.463. The lowest BCUT2D eigenvalue weighted by Gasteiger charge is -2.47. The molecule has 0 spiro atoms. The molecule has 2 fully saturated rings. The molecule has 1 aliphatic heterocycles. The van der Waals surface area contributed by atoms with Crippen molar-refractivity contribution in [2.75, 3.05) is 12.9 Å². The van der Waals surface area contributed by atoms with Gasteiger partial charge in [0.05, 0.1) is 24.4 Å². The van der Waals surface area contributed by atoms with Gasteiger partial charge in [0.15, 0.2) is 0 Å². The van der Waals surface area contributed by atoms with Gasteiger partial charge in [-0.2, -0.15) is 0 Å². The lowest BCUT2D eigenvalue weighted by atomic mass is 9.72. The number of benzene rings is 1. The molecule has 1 amide bonds. The monoisotopic (exact) mass is 363 g/mol. The maximum atomic E-state index is 12.5. The van der Waals surface area contributed by atoms with Gasteiger partial charge in [-0.25, -0.2) is 13.1 Å². The van der Waals surface area contributed by atoms with Crippen LogP contribution in [0.4, 0.5) is 0 Å². The second-order valence-corrected chi connectivity index (χ2v) is 8.58. The maximum Gasteiger partial charge on any atom is 0.240 e. The summed E-state index contributed by atoms with van der Waals surface area (Å²) in [5.74, 6) is 0.0432. The molecule has 7 nitrogen and oxygen atoms in total. The Hall–Kier alpha value is -1.90. The van der Waals surface area contributed by atoms with Gasteiger partial charge in [-0.3, -0.25) is 4.79 Å². The zero-order valence-electron chi connectivity index (χ0n) is 13.9. The van der Waals surface area contributed by atoms with Gasteiger partial charge in [0.25, 0.3) is 0 Å². The molecule has 0 radical (unpaired) electrons. The molecular formula is C17H21N3O4S. The van der Waals surface area contributed by atoms with Crippen LogP contribution in [0.15, 0.2) is 36.5 Å². The summed E-state index contributed by atoms with van der Waals surface area (Å²) in [5.41, 5.74) is 0.999. The van der Waals surface area contributed by atoms with Crippen LogP contribution in [-0.4, -0.2) is 49.9 Å². The van der Waals surface area contributed by atoms with Gasteiger partial charge < -0.3 is 14.6 Å². The van der Waals surface area contributed by atoms with E-state index in [-0.39, 0.29) is 30.5 Å². The molecule has 2 aliphatic rings. The fraction of sp³-hybridized carbons (Fsp3) is 0.471. The van der Waals surface area contributed by atoms with E-state index in [9.17, 15) is 13.2 Å². The fourth-order valence-corrected chi connectivity index (χ4v) is 4.73. The zero-order valence-corrected chi connectivity index (χ0v) is 14.7. The molecule has 2 aromatic rings. The summed E-state index contributed by atoms with van der Waals surface area (Å²) in [7, 11) is -3.36. The Morgan fingerprint density at radius 3 is 2.88 bits per heavy atom. The highest BCUT2D eigenvalue weighted by molar-refractivity contribution is 7.88. The fourth-order valence-electron chi connectivity index (χ4n) is 3.96. The average molecular weight is 363 g/mol. The zero-order chi connectivity index (χ0) is 17.6. The number of nitrogens with zero attached hydrogens (tertiary/aromatic N) is 1. The number of amides is 1. The highest BCUT2D eigenvalue weighted by atomic mass is 32.2. The molecule has 4 rings (SSSR count). The number of fused-ring (bicyclic) bond motifs is 2. The number of nitrogens with one attached hydrogen (secondary N) is 2. The van der Waals surface area contributed by atoms with Crippen LogP contribution in [0.3, 0.4) is 0 Å². The van der Waals surface area contributed by atoms with Crippen molar-refractivity contribution in [3.63, 3.8) is 0 Å². The Morgan fingerprint density at radius 1 is 1.28 bits per heavy atom. The van der Waals surface area contributed by atoms with Crippen molar-refractivity contribution in [3.8, 4) is 0 Å². The summed E-state index contributed by atoms with van der Waals surface area (Å²) in [6.45, 7) is 0.805. The minimum absolute atomic E-state index is 0.128. The third-order valence-electron chi connectivity index (χ3n) is 5.06. The topological polar surface area (TPSA) is 89.4 Å². The van der Waals surface area contributed by atoms with Gasteiger partial charge in [-0.05, 0) is 23.9 Å². The Balaban J connectivity index is 1.46. The van der Waals surface area contributed by atoms with Crippen molar-refractivity contribution in [1.29, 1.82) is 0 Å². The van der Waals surface area contributed by atoms with Crippen molar-refractivity contribution in [1.82, 2.24) is 14.6 Å². The summed E-state index contributed by atoms with van der Waals surface area (Å²) >= 11 is 0. The summed E-state index contributed by atoms with van der Waals surface area (Å²) in [6, 6.07) is 9.23. The molecule has 25 heavy (non-hydrogen) atoms. The molecule has 0 bridgehead atoms. The highest BCUT2D eigenvalue weighted by Crippen LogP contribution is 2.39. The number of rotatable bonds is 5. The van der Waals surface area contributed by atoms with Crippen molar-refractivity contribution < 1.29 is 17.9 Å². The summed E-state index contributed by atoms with van der Waals surface area (Å²) in [5, 5.41) is 4.08. The van der Waals surface area contributed by atoms with Crippen LogP contribution in [-0.2, 0) is 26.1 Å². The first-order chi connectivity index (χ1) is 11.9.